The van der Waals surface area contributed by atoms with Crippen molar-refractivity contribution in [1.82, 2.24) is 4.98 Å². The predicted octanol–water partition coefficient (Wildman–Crippen LogP) is 6.14. The van der Waals surface area contributed by atoms with Gasteiger partial charge in [0.05, 0.1) is 36.6 Å². The van der Waals surface area contributed by atoms with Gasteiger partial charge in [-0.3, -0.25) is 4.79 Å². The van der Waals surface area contributed by atoms with Crippen molar-refractivity contribution in [2.45, 2.75) is 26.2 Å². The van der Waals surface area contributed by atoms with Gasteiger partial charge in [0.15, 0.2) is 0 Å². The molecule has 4 aromatic rings. The number of hydrogen-bond acceptors (Lipinski definition) is 6. The van der Waals surface area contributed by atoms with Crippen molar-refractivity contribution in [3.8, 4) is 17.0 Å². The number of aromatic nitrogens is 1. The number of methoxy groups -OCH3 is 2. The maximum atomic E-state index is 13.7. The third kappa shape index (κ3) is 4.28. The van der Waals surface area contributed by atoms with E-state index in [0.29, 0.717) is 39.0 Å². The molecule has 0 saturated heterocycles. The van der Waals surface area contributed by atoms with Gasteiger partial charge >= 0.3 is 5.97 Å². The molecule has 1 atom stereocenters. The molecule has 7 heteroatoms. The van der Waals surface area contributed by atoms with Crippen LogP contribution in [0.15, 0.2) is 54.6 Å². The van der Waals surface area contributed by atoms with E-state index < -0.39 is 5.97 Å². The lowest BCUT2D eigenvalue weighted by molar-refractivity contribution is 0.0601. The lowest BCUT2D eigenvalue weighted by atomic mass is 9.88. The molecule has 2 aromatic heterocycles. The fourth-order valence-electron chi connectivity index (χ4n) is 4.68. The Labute approximate surface area is 207 Å². The molecule has 0 aliphatic heterocycles. The number of esters is 1. The first-order valence-corrected chi connectivity index (χ1v) is 12.4. The zero-order chi connectivity index (χ0) is 24.5. The second kappa shape index (κ2) is 9.50. The minimum Gasteiger partial charge on any atom is -0.496 e. The van der Waals surface area contributed by atoms with Crippen LogP contribution in [0.4, 0.5) is 5.00 Å². The summed E-state index contributed by atoms with van der Waals surface area (Å²) >= 11 is 1.48. The van der Waals surface area contributed by atoms with Crippen LogP contribution < -0.4 is 10.1 Å². The molecule has 0 fully saturated rings. The number of ether oxygens (including phenoxy) is 2. The van der Waals surface area contributed by atoms with Gasteiger partial charge in [0.2, 0.25) is 0 Å². The summed E-state index contributed by atoms with van der Waals surface area (Å²) in [5, 5.41) is 4.31. The summed E-state index contributed by atoms with van der Waals surface area (Å²) in [7, 11) is 2.99. The third-order valence-electron chi connectivity index (χ3n) is 6.47. The lowest BCUT2D eigenvalue weighted by Gasteiger charge is -2.18. The lowest BCUT2D eigenvalue weighted by Crippen LogP contribution is -2.16. The number of carbonyl (C=O) groups is 2. The maximum Gasteiger partial charge on any atom is 0.341 e. The topological polar surface area (TPSA) is 77.5 Å². The van der Waals surface area contributed by atoms with Crippen molar-refractivity contribution in [2.24, 2.45) is 5.92 Å². The molecule has 2 aromatic carbocycles. The van der Waals surface area contributed by atoms with Crippen LogP contribution in [0.3, 0.4) is 0 Å². The highest BCUT2D eigenvalue weighted by Crippen LogP contribution is 2.40. The number of hydrogen-bond donors (Lipinski definition) is 1. The first-order valence-electron chi connectivity index (χ1n) is 11.6. The second-order valence-corrected chi connectivity index (χ2v) is 9.88. The Morgan fingerprint density at radius 2 is 1.86 bits per heavy atom. The van der Waals surface area contributed by atoms with E-state index in [9.17, 15) is 9.59 Å². The first kappa shape index (κ1) is 23.1. The monoisotopic (exact) mass is 486 g/mol. The highest BCUT2D eigenvalue weighted by Gasteiger charge is 2.29. The van der Waals surface area contributed by atoms with Gasteiger partial charge in [0.1, 0.15) is 10.8 Å². The molecule has 1 aliphatic rings. The molecular formula is C28H26N2O4S. The van der Waals surface area contributed by atoms with E-state index in [-0.39, 0.29) is 5.91 Å². The molecule has 1 aliphatic carbocycles. The molecule has 0 saturated carbocycles. The van der Waals surface area contributed by atoms with Crippen LogP contribution in [0.5, 0.6) is 5.75 Å². The van der Waals surface area contributed by atoms with Crippen molar-refractivity contribution in [2.75, 3.05) is 19.5 Å². The van der Waals surface area contributed by atoms with Crippen molar-refractivity contribution in [1.29, 1.82) is 0 Å². The number of benzene rings is 2. The van der Waals surface area contributed by atoms with E-state index >= 15 is 0 Å². The normalized spacial score (nSPS) is 14.9. The van der Waals surface area contributed by atoms with Gasteiger partial charge < -0.3 is 14.8 Å². The molecule has 0 spiro atoms. The molecule has 1 amide bonds. The first-order chi connectivity index (χ1) is 17.0. The van der Waals surface area contributed by atoms with Gasteiger partial charge in [-0.1, -0.05) is 37.3 Å². The van der Waals surface area contributed by atoms with Crippen molar-refractivity contribution < 1.29 is 19.1 Å². The van der Waals surface area contributed by atoms with E-state index in [1.54, 1.807) is 13.2 Å². The largest absolute Gasteiger partial charge is 0.496 e. The SMILES string of the molecule is COC(=O)c1c(NC(=O)c2cc(-c3ccccc3OC)nc3ccccc23)sc2c1CC[C@@H](C)C2. The van der Waals surface area contributed by atoms with Gasteiger partial charge in [-0.05, 0) is 55.0 Å². The van der Waals surface area contributed by atoms with E-state index in [4.69, 9.17) is 14.5 Å². The summed E-state index contributed by atoms with van der Waals surface area (Å²) in [6.07, 6.45) is 2.72. The number of nitrogens with zero attached hydrogens (tertiary/aromatic N) is 1. The van der Waals surface area contributed by atoms with Crippen LogP contribution in [0, 0.1) is 5.92 Å². The minimum absolute atomic E-state index is 0.295. The predicted molar refractivity (Wildman–Crippen MR) is 139 cm³/mol. The highest BCUT2D eigenvalue weighted by molar-refractivity contribution is 7.17. The van der Waals surface area contributed by atoms with Crippen LogP contribution in [-0.4, -0.2) is 31.1 Å². The number of thiophene rings is 1. The number of carbonyl (C=O) groups excluding carboxylic acids is 2. The van der Waals surface area contributed by atoms with Gasteiger partial charge in [0.25, 0.3) is 5.91 Å². The number of anilines is 1. The molecule has 5 rings (SSSR count). The van der Waals surface area contributed by atoms with Gasteiger partial charge in [-0.15, -0.1) is 11.3 Å². The minimum atomic E-state index is -0.415. The Morgan fingerprint density at radius 3 is 2.66 bits per heavy atom. The Kier molecular flexibility index (Phi) is 6.26. The summed E-state index contributed by atoms with van der Waals surface area (Å²) in [6, 6.07) is 16.9. The van der Waals surface area contributed by atoms with Gasteiger partial charge in [-0.25, -0.2) is 9.78 Å². The van der Waals surface area contributed by atoms with Crippen molar-refractivity contribution in [3.63, 3.8) is 0 Å². The number of pyridine rings is 1. The summed E-state index contributed by atoms with van der Waals surface area (Å²) in [5.74, 6) is 0.510. The van der Waals surface area contributed by atoms with Crippen LogP contribution in [0.2, 0.25) is 0 Å². The van der Waals surface area contributed by atoms with Crippen LogP contribution in [-0.2, 0) is 17.6 Å². The number of rotatable bonds is 5. The van der Waals surface area contributed by atoms with Gasteiger partial charge in [0, 0.05) is 15.8 Å². The van der Waals surface area contributed by atoms with Crippen molar-refractivity contribution >= 4 is 39.1 Å². The Hall–Kier alpha value is -3.71. The molecule has 0 bridgehead atoms. The van der Waals surface area contributed by atoms with Crippen LogP contribution in [0.25, 0.3) is 22.2 Å². The van der Waals surface area contributed by atoms with Crippen LogP contribution in [0.1, 0.15) is 44.5 Å². The van der Waals surface area contributed by atoms with Gasteiger partial charge in [-0.2, -0.15) is 0 Å². The number of fused-ring (bicyclic) bond motifs is 2. The molecule has 1 N–H and O–H groups in total. The average Bonchev–Trinajstić information content (AvgIpc) is 3.24. The number of nitrogens with one attached hydrogen (secondary N) is 1. The molecular weight excluding hydrogens is 460 g/mol. The Bertz CT molecular complexity index is 1440. The molecule has 6 nitrogen and oxygen atoms in total. The van der Waals surface area contributed by atoms with E-state index in [1.807, 2.05) is 48.5 Å². The van der Waals surface area contributed by atoms with E-state index in [1.165, 1.54) is 18.4 Å². The molecule has 0 radical (unpaired) electrons. The summed E-state index contributed by atoms with van der Waals surface area (Å²) in [4.78, 5) is 32.3. The smallest absolute Gasteiger partial charge is 0.341 e. The Morgan fingerprint density at radius 1 is 1.09 bits per heavy atom. The molecule has 2 heterocycles. The zero-order valence-electron chi connectivity index (χ0n) is 19.9. The number of amides is 1. The highest BCUT2D eigenvalue weighted by atomic mass is 32.1. The second-order valence-electron chi connectivity index (χ2n) is 8.77. The molecule has 178 valence electrons. The summed E-state index contributed by atoms with van der Waals surface area (Å²) < 4.78 is 10.6. The summed E-state index contributed by atoms with van der Waals surface area (Å²) in [5.41, 5.74) is 4.10. The Balaban J connectivity index is 1.60. The molecule has 35 heavy (non-hydrogen) atoms. The van der Waals surface area contributed by atoms with E-state index in [0.717, 1.165) is 40.7 Å². The quantitative estimate of drug-likeness (QED) is 0.343. The third-order valence-corrected chi connectivity index (χ3v) is 7.64. The zero-order valence-corrected chi connectivity index (χ0v) is 20.7. The van der Waals surface area contributed by atoms with Crippen LogP contribution >= 0.6 is 11.3 Å². The number of para-hydroxylation sites is 2. The van der Waals surface area contributed by atoms with E-state index in [2.05, 4.69) is 12.2 Å². The average molecular weight is 487 g/mol. The molecule has 0 unspecified atom stereocenters. The standard InChI is InChI=1S/C28H26N2O4S/c1-16-12-13-19-24(14-16)35-27(25(19)28(32)34-3)30-26(31)20-15-22(18-9-5-7-11-23(18)33-2)29-21-10-6-4-8-17(20)21/h4-11,15-16H,12-14H2,1-3H3,(H,30,31)/t16-/m1/s1. The van der Waals surface area contributed by atoms with Crippen molar-refractivity contribution in [3.05, 3.63) is 76.2 Å². The fourth-order valence-corrected chi connectivity index (χ4v) is 6.08. The summed E-state index contributed by atoms with van der Waals surface area (Å²) in [6.45, 7) is 2.21. The fraction of sp³-hybridized carbons (Fsp3) is 0.250. The maximum absolute atomic E-state index is 13.7.